The number of aliphatic hydroxyl groups excluding tert-OH is 1. The molecule has 6 heteroatoms. The molecule has 0 saturated carbocycles. The summed E-state index contributed by atoms with van der Waals surface area (Å²) in [7, 11) is 1.51. The van der Waals surface area contributed by atoms with Crippen LogP contribution in [0.1, 0.15) is 68.7 Å². The number of benzene rings is 2. The molecule has 0 radical (unpaired) electrons. The fraction of sp³-hybridized carbons (Fsp3) is 0.385. The standard InChI is InChI=1S/C26H30ClNO4/c1-5-6-7-14-28-23(18-10-8-17(9-11-18)16(2)3)22(25(30)26(28)31)24(29)20-15-19(32-4)12-13-21(20)27/h8-13,15-16,23,29H,5-7,14H2,1-4H3/b24-22+. The summed E-state index contributed by atoms with van der Waals surface area (Å²) in [6.45, 7) is 6.74. The van der Waals surface area contributed by atoms with Crippen LogP contribution in [0.4, 0.5) is 0 Å². The lowest BCUT2D eigenvalue weighted by Gasteiger charge is -2.25. The number of carbonyl (C=O) groups is 2. The molecule has 1 heterocycles. The van der Waals surface area contributed by atoms with E-state index in [4.69, 9.17) is 16.3 Å². The van der Waals surface area contributed by atoms with Crippen molar-refractivity contribution in [3.63, 3.8) is 0 Å². The van der Waals surface area contributed by atoms with Crippen molar-refractivity contribution in [3.8, 4) is 5.75 Å². The van der Waals surface area contributed by atoms with E-state index in [1.54, 1.807) is 23.1 Å². The van der Waals surface area contributed by atoms with E-state index >= 15 is 0 Å². The summed E-state index contributed by atoms with van der Waals surface area (Å²) in [5, 5.41) is 11.5. The number of nitrogens with zero attached hydrogens (tertiary/aromatic N) is 1. The molecule has 1 unspecified atom stereocenters. The van der Waals surface area contributed by atoms with Gasteiger partial charge in [-0.25, -0.2) is 0 Å². The van der Waals surface area contributed by atoms with Crippen molar-refractivity contribution in [1.29, 1.82) is 0 Å². The molecule has 1 aliphatic rings. The molecule has 1 fully saturated rings. The Bertz CT molecular complexity index is 1030. The van der Waals surface area contributed by atoms with Crippen molar-refractivity contribution in [2.45, 2.75) is 52.0 Å². The Balaban J connectivity index is 2.16. The van der Waals surface area contributed by atoms with Gasteiger partial charge in [-0.15, -0.1) is 0 Å². The second-order valence-electron chi connectivity index (χ2n) is 8.37. The average Bonchev–Trinajstić information content (AvgIpc) is 3.04. The highest BCUT2D eigenvalue weighted by Crippen LogP contribution is 2.41. The number of amides is 1. The van der Waals surface area contributed by atoms with E-state index in [1.165, 1.54) is 7.11 Å². The van der Waals surface area contributed by atoms with E-state index in [-0.39, 0.29) is 21.9 Å². The Kier molecular flexibility index (Phi) is 7.62. The van der Waals surface area contributed by atoms with Crippen molar-refractivity contribution in [2.75, 3.05) is 13.7 Å². The number of hydrogen-bond acceptors (Lipinski definition) is 4. The molecular formula is C26H30ClNO4. The minimum absolute atomic E-state index is 0.0546. The predicted molar refractivity (Wildman–Crippen MR) is 127 cm³/mol. The molecule has 170 valence electrons. The normalized spacial score (nSPS) is 17.9. The van der Waals surface area contributed by atoms with E-state index < -0.39 is 17.7 Å². The smallest absolute Gasteiger partial charge is 0.295 e. The van der Waals surface area contributed by atoms with Crippen LogP contribution in [0.2, 0.25) is 5.02 Å². The van der Waals surface area contributed by atoms with Gasteiger partial charge in [0.25, 0.3) is 11.7 Å². The molecule has 1 atom stereocenters. The van der Waals surface area contributed by atoms with Gasteiger partial charge in [-0.2, -0.15) is 0 Å². The third kappa shape index (κ3) is 4.68. The molecule has 2 aromatic carbocycles. The SMILES string of the molecule is CCCCCN1C(=O)C(=O)/C(=C(/O)c2cc(OC)ccc2Cl)C1c1ccc(C(C)C)cc1. The number of unbranched alkanes of at least 4 members (excludes halogenated alkanes) is 2. The van der Waals surface area contributed by atoms with Crippen LogP contribution in [0.3, 0.4) is 0 Å². The summed E-state index contributed by atoms with van der Waals surface area (Å²) >= 11 is 6.34. The molecule has 0 bridgehead atoms. The van der Waals surface area contributed by atoms with Gasteiger partial charge >= 0.3 is 0 Å². The summed E-state index contributed by atoms with van der Waals surface area (Å²) < 4.78 is 5.25. The van der Waals surface area contributed by atoms with Crippen LogP contribution in [0, 0.1) is 0 Å². The fourth-order valence-electron chi connectivity index (χ4n) is 4.01. The zero-order valence-electron chi connectivity index (χ0n) is 19.0. The highest BCUT2D eigenvalue weighted by Gasteiger charge is 2.46. The second-order valence-corrected chi connectivity index (χ2v) is 8.77. The lowest BCUT2D eigenvalue weighted by atomic mass is 9.93. The second kappa shape index (κ2) is 10.2. The zero-order chi connectivity index (χ0) is 23.4. The Morgan fingerprint density at radius 3 is 2.41 bits per heavy atom. The number of ketones is 1. The summed E-state index contributed by atoms with van der Waals surface area (Å²) in [5.41, 5.74) is 2.26. The number of hydrogen-bond donors (Lipinski definition) is 1. The molecule has 0 spiro atoms. The zero-order valence-corrected chi connectivity index (χ0v) is 19.8. The maximum Gasteiger partial charge on any atom is 0.295 e. The quantitative estimate of drug-likeness (QED) is 0.226. The summed E-state index contributed by atoms with van der Waals surface area (Å²) in [6, 6.07) is 12.0. The fourth-order valence-corrected chi connectivity index (χ4v) is 4.22. The van der Waals surface area contributed by atoms with Crippen molar-refractivity contribution in [1.82, 2.24) is 4.90 Å². The van der Waals surface area contributed by atoms with E-state index in [0.717, 1.165) is 30.4 Å². The molecule has 5 nitrogen and oxygen atoms in total. The average molecular weight is 456 g/mol. The molecule has 1 saturated heterocycles. The van der Waals surface area contributed by atoms with Crippen molar-refractivity contribution < 1.29 is 19.4 Å². The highest BCUT2D eigenvalue weighted by atomic mass is 35.5. The third-order valence-electron chi connectivity index (χ3n) is 5.89. The number of ether oxygens (including phenoxy) is 1. The maximum atomic E-state index is 13.1. The predicted octanol–water partition coefficient (Wildman–Crippen LogP) is 6.08. The molecular weight excluding hydrogens is 426 g/mol. The van der Waals surface area contributed by atoms with Crippen LogP contribution < -0.4 is 4.74 Å². The first-order chi connectivity index (χ1) is 15.3. The van der Waals surface area contributed by atoms with Gasteiger partial charge < -0.3 is 14.7 Å². The number of methoxy groups -OCH3 is 1. The molecule has 2 aromatic rings. The van der Waals surface area contributed by atoms with E-state index in [2.05, 4.69) is 20.8 Å². The molecule has 0 aliphatic carbocycles. The Morgan fingerprint density at radius 2 is 1.81 bits per heavy atom. The third-order valence-corrected chi connectivity index (χ3v) is 6.22. The maximum absolute atomic E-state index is 13.1. The van der Waals surface area contributed by atoms with Gasteiger partial charge in [-0.05, 0) is 41.7 Å². The molecule has 0 aromatic heterocycles. The number of halogens is 1. The first kappa shape index (κ1) is 23.9. The lowest BCUT2D eigenvalue weighted by molar-refractivity contribution is -0.139. The van der Waals surface area contributed by atoms with Gasteiger partial charge in [0.1, 0.15) is 11.5 Å². The molecule has 1 amide bonds. The van der Waals surface area contributed by atoms with Crippen LogP contribution in [-0.2, 0) is 9.59 Å². The first-order valence-corrected chi connectivity index (χ1v) is 11.4. The van der Waals surface area contributed by atoms with Gasteiger partial charge in [-0.3, -0.25) is 9.59 Å². The topological polar surface area (TPSA) is 66.8 Å². The minimum atomic E-state index is -0.698. The Labute approximate surface area is 194 Å². The van der Waals surface area contributed by atoms with Crippen LogP contribution >= 0.6 is 11.6 Å². The Hall–Kier alpha value is -2.79. The Morgan fingerprint density at radius 1 is 1.12 bits per heavy atom. The van der Waals surface area contributed by atoms with Gasteiger partial charge in [-0.1, -0.05) is 69.5 Å². The summed E-state index contributed by atoms with van der Waals surface area (Å²) in [5.74, 6) is -0.736. The number of likely N-dealkylation sites (tertiary alicyclic amines) is 1. The van der Waals surface area contributed by atoms with Gasteiger partial charge in [0.2, 0.25) is 0 Å². The molecule has 32 heavy (non-hydrogen) atoms. The van der Waals surface area contributed by atoms with Crippen molar-refractivity contribution in [3.05, 3.63) is 69.8 Å². The first-order valence-electron chi connectivity index (χ1n) is 11.0. The van der Waals surface area contributed by atoms with Crippen LogP contribution in [0.15, 0.2) is 48.0 Å². The van der Waals surface area contributed by atoms with Crippen molar-refractivity contribution >= 4 is 29.1 Å². The van der Waals surface area contributed by atoms with Crippen LogP contribution in [0.25, 0.3) is 5.76 Å². The van der Waals surface area contributed by atoms with E-state index in [9.17, 15) is 14.7 Å². The molecule has 1 N–H and O–H groups in total. The van der Waals surface area contributed by atoms with Gasteiger partial charge in [0.15, 0.2) is 0 Å². The summed E-state index contributed by atoms with van der Waals surface area (Å²) in [6.07, 6.45) is 2.73. The van der Waals surface area contributed by atoms with Crippen molar-refractivity contribution in [2.24, 2.45) is 0 Å². The molecule has 3 rings (SSSR count). The van der Waals surface area contributed by atoms with Crippen LogP contribution in [-0.4, -0.2) is 35.4 Å². The number of rotatable bonds is 8. The van der Waals surface area contributed by atoms with Gasteiger partial charge in [0, 0.05) is 12.1 Å². The van der Waals surface area contributed by atoms with E-state index in [1.807, 2.05) is 24.3 Å². The highest BCUT2D eigenvalue weighted by molar-refractivity contribution is 6.47. The number of aliphatic hydroxyl groups is 1. The monoisotopic (exact) mass is 455 g/mol. The lowest BCUT2D eigenvalue weighted by Crippen LogP contribution is -2.30. The van der Waals surface area contributed by atoms with Crippen LogP contribution in [0.5, 0.6) is 5.75 Å². The molecule has 1 aliphatic heterocycles. The van der Waals surface area contributed by atoms with E-state index in [0.29, 0.717) is 18.2 Å². The summed E-state index contributed by atoms with van der Waals surface area (Å²) in [4.78, 5) is 27.7. The number of Topliss-reactive ketones (excluding diaryl/α,β-unsaturated/α-hetero) is 1. The largest absolute Gasteiger partial charge is 0.507 e. The minimum Gasteiger partial charge on any atom is -0.507 e. The van der Waals surface area contributed by atoms with Gasteiger partial charge in [0.05, 0.1) is 23.7 Å². The number of carbonyl (C=O) groups excluding carboxylic acids is 2.